The molecule has 1 aliphatic rings. The second-order valence-electron chi connectivity index (χ2n) is 4.98. The van der Waals surface area contributed by atoms with Gasteiger partial charge in [-0.05, 0) is 56.4 Å². The van der Waals surface area contributed by atoms with Gasteiger partial charge in [0.15, 0.2) is 11.5 Å². The van der Waals surface area contributed by atoms with Crippen LogP contribution in [0.2, 0.25) is 0 Å². The molecular weight excluding hydrogens is 272 g/mol. The molecule has 0 amide bonds. The number of alkyl halides is 1. The largest absolute Gasteiger partial charge is 0.490 e. The second-order valence-corrected chi connectivity index (χ2v) is 5.54. The fourth-order valence-corrected chi connectivity index (χ4v) is 2.84. The summed E-state index contributed by atoms with van der Waals surface area (Å²) in [6.45, 7) is 5.25. The van der Waals surface area contributed by atoms with Gasteiger partial charge in [0.2, 0.25) is 0 Å². The summed E-state index contributed by atoms with van der Waals surface area (Å²) in [7, 11) is 0. The van der Waals surface area contributed by atoms with Crippen LogP contribution in [0, 0.1) is 0 Å². The van der Waals surface area contributed by atoms with E-state index < -0.39 is 0 Å². The van der Waals surface area contributed by atoms with Gasteiger partial charge in [-0.1, -0.05) is 18.6 Å². The van der Waals surface area contributed by atoms with Crippen LogP contribution in [-0.2, 0) is 0 Å². The lowest BCUT2D eigenvalue weighted by Gasteiger charge is -2.14. The van der Waals surface area contributed by atoms with Crippen molar-refractivity contribution in [2.24, 2.45) is 0 Å². The van der Waals surface area contributed by atoms with Crippen LogP contribution in [-0.4, -0.2) is 18.6 Å². The number of hydrogen-bond donors (Lipinski definition) is 0. The third-order valence-corrected chi connectivity index (χ3v) is 3.82. The van der Waals surface area contributed by atoms with E-state index in [4.69, 9.17) is 21.1 Å². The monoisotopic (exact) mass is 294 g/mol. The van der Waals surface area contributed by atoms with Crippen LogP contribution in [0.25, 0.3) is 5.57 Å². The Morgan fingerprint density at radius 1 is 1.10 bits per heavy atom. The lowest BCUT2D eigenvalue weighted by molar-refractivity contribution is 0.287. The fraction of sp³-hybridized carbons (Fsp3) is 0.529. The van der Waals surface area contributed by atoms with Crippen LogP contribution in [0.4, 0.5) is 0 Å². The van der Waals surface area contributed by atoms with E-state index in [1.54, 1.807) is 0 Å². The van der Waals surface area contributed by atoms with Gasteiger partial charge in [-0.15, -0.1) is 11.6 Å². The highest BCUT2D eigenvalue weighted by Gasteiger charge is 2.13. The summed E-state index contributed by atoms with van der Waals surface area (Å²) < 4.78 is 11.3. The highest BCUT2D eigenvalue weighted by atomic mass is 35.5. The van der Waals surface area contributed by atoms with Crippen LogP contribution >= 0.6 is 11.6 Å². The minimum absolute atomic E-state index is 0.148. The van der Waals surface area contributed by atoms with E-state index in [1.165, 1.54) is 24.0 Å². The van der Waals surface area contributed by atoms with Crippen LogP contribution in [0.5, 0.6) is 11.5 Å². The zero-order valence-electron chi connectivity index (χ0n) is 12.3. The van der Waals surface area contributed by atoms with E-state index >= 15 is 0 Å². The molecule has 0 fully saturated rings. The van der Waals surface area contributed by atoms with Gasteiger partial charge in [0, 0.05) is 0 Å². The maximum Gasteiger partial charge on any atom is 0.161 e. The van der Waals surface area contributed by atoms with Gasteiger partial charge in [0.1, 0.15) is 0 Å². The van der Waals surface area contributed by atoms with Crippen LogP contribution in [0.15, 0.2) is 24.3 Å². The lowest BCUT2D eigenvalue weighted by Crippen LogP contribution is -1.99. The molecule has 0 radical (unpaired) electrons. The average Bonchev–Trinajstić information content (AvgIpc) is 2.66. The minimum atomic E-state index is 0.148. The van der Waals surface area contributed by atoms with Crippen molar-refractivity contribution in [3.63, 3.8) is 0 Å². The van der Waals surface area contributed by atoms with Crippen molar-refractivity contribution in [1.29, 1.82) is 0 Å². The maximum atomic E-state index is 6.32. The second kappa shape index (κ2) is 7.58. The highest BCUT2D eigenvalue weighted by molar-refractivity contribution is 6.22. The highest BCUT2D eigenvalue weighted by Crippen LogP contribution is 2.34. The molecule has 2 nitrogen and oxygen atoms in total. The third-order valence-electron chi connectivity index (χ3n) is 3.47. The summed E-state index contributed by atoms with van der Waals surface area (Å²) in [5.74, 6) is 1.64. The molecule has 1 aliphatic carbocycles. The molecule has 1 aromatic rings. The summed E-state index contributed by atoms with van der Waals surface area (Å²) in [5.41, 5.74) is 2.52. The molecule has 1 unspecified atom stereocenters. The van der Waals surface area contributed by atoms with Gasteiger partial charge in [-0.3, -0.25) is 0 Å². The van der Waals surface area contributed by atoms with E-state index in [1.807, 2.05) is 19.9 Å². The van der Waals surface area contributed by atoms with Crippen molar-refractivity contribution in [3.05, 3.63) is 29.8 Å². The molecule has 0 aromatic heterocycles. The summed E-state index contributed by atoms with van der Waals surface area (Å²) in [5, 5.41) is 0.148. The molecule has 0 aliphatic heterocycles. The zero-order chi connectivity index (χ0) is 14.4. The number of allylic oxidation sites excluding steroid dienone is 2. The molecule has 3 heteroatoms. The van der Waals surface area contributed by atoms with Crippen LogP contribution < -0.4 is 9.47 Å². The van der Waals surface area contributed by atoms with Crippen molar-refractivity contribution >= 4 is 17.2 Å². The number of rotatable bonds is 5. The van der Waals surface area contributed by atoms with E-state index in [0.29, 0.717) is 13.2 Å². The first-order valence-electron chi connectivity index (χ1n) is 7.49. The zero-order valence-corrected chi connectivity index (χ0v) is 13.1. The number of halogens is 1. The first-order valence-corrected chi connectivity index (χ1v) is 7.93. The van der Waals surface area contributed by atoms with E-state index in [2.05, 4.69) is 18.2 Å². The normalized spacial score (nSPS) is 19.1. The van der Waals surface area contributed by atoms with Gasteiger partial charge in [-0.25, -0.2) is 0 Å². The standard InChI is InChI=1S/C17H23ClO2/c1-3-19-16-10-9-14(12-17(16)20-4-2)13-7-5-6-8-15(18)11-13/h9-12,15H,3-8H2,1-2H3. The Hall–Kier alpha value is -1.15. The Morgan fingerprint density at radius 3 is 2.60 bits per heavy atom. The lowest BCUT2D eigenvalue weighted by atomic mass is 10.0. The van der Waals surface area contributed by atoms with Crippen molar-refractivity contribution < 1.29 is 9.47 Å². The number of ether oxygens (including phenoxy) is 2. The van der Waals surface area contributed by atoms with E-state index in [0.717, 1.165) is 24.3 Å². The summed E-state index contributed by atoms with van der Waals surface area (Å²) in [6.07, 6.45) is 6.75. The predicted molar refractivity (Wildman–Crippen MR) is 84.9 cm³/mol. The molecule has 0 bridgehead atoms. The molecule has 20 heavy (non-hydrogen) atoms. The Balaban J connectivity index is 2.29. The van der Waals surface area contributed by atoms with Gasteiger partial charge in [-0.2, -0.15) is 0 Å². The molecule has 1 aromatic carbocycles. The minimum Gasteiger partial charge on any atom is -0.490 e. The molecule has 0 N–H and O–H groups in total. The topological polar surface area (TPSA) is 18.5 Å². The van der Waals surface area contributed by atoms with Crippen molar-refractivity contribution in [1.82, 2.24) is 0 Å². The predicted octanol–water partition coefficient (Wildman–Crippen LogP) is 5.05. The van der Waals surface area contributed by atoms with Crippen molar-refractivity contribution in [2.75, 3.05) is 13.2 Å². The quantitative estimate of drug-likeness (QED) is 0.708. The van der Waals surface area contributed by atoms with Crippen molar-refractivity contribution in [3.8, 4) is 11.5 Å². The summed E-state index contributed by atoms with van der Waals surface area (Å²) >= 11 is 6.32. The number of benzene rings is 1. The van der Waals surface area contributed by atoms with E-state index in [9.17, 15) is 0 Å². The summed E-state index contributed by atoms with van der Waals surface area (Å²) in [6, 6.07) is 6.18. The smallest absolute Gasteiger partial charge is 0.161 e. The Kier molecular flexibility index (Phi) is 5.78. The van der Waals surface area contributed by atoms with Crippen LogP contribution in [0.1, 0.15) is 45.1 Å². The third kappa shape index (κ3) is 3.92. The molecule has 110 valence electrons. The molecule has 2 rings (SSSR count). The van der Waals surface area contributed by atoms with E-state index in [-0.39, 0.29) is 5.38 Å². The molecule has 0 spiro atoms. The van der Waals surface area contributed by atoms with Gasteiger partial charge in [0.05, 0.1) is 18.6 Å². The molecule has 0 heterocycles. The maximum absolute atomic E-state index is 6.32. The average molecular weight is 295 g/mol. The first-order chi connectivity index (χ1) is 9.74. The Labute approximate surface area is 126 Å². The molecule has 0 saturated heterocycles. The Bertz CT molecular complexity index is 468. The van der Waals surface area contributed by atoms with Gasteiger partial charge >= 0.3 is 0 Å². The molecule has 1 atom stereocenters. The Morgan fingerprint density at radius 2 is 1.85 bits per heavy atom. The number of hydrogen-bond acceptors (Lipinski definition) is 2. The van der Waals surface area contributed by atoms with Crippen LogP contribution in [0.3, 0.4) is 0 Å². The van der Waals surface area contributed by atoms with Gasteiger partial charge < -0.3 is 9.47 Å². The SMILES string of the molecule is CCOc1ccc(C2=CC(Cl)CCCC2)cc1OCC. The molecular formula is C17H23ClO2. The van der Waals surface area contributed by atoms with Crippen molar-refractivity contribution in [2.45, 2.75) is 44.9 Å². The first kappa shape index (κ1) is 15.2. The summed E-state index contributed by atoms with van der Waals surface area (Å²) in [4.78, 5) is 0. The fourth-order valence-electron chi connectivity index (χ4n) is 2.53. The van der Waals surface area contributed by atoms with Gasteiger partial charge in [0.25, 0.3) is 0 Å². The molecule has 0 saturated carbocycles.